The number of halogens is 3. The van der Waals surface area contributed by atoms with E-state index in [0.29, 0.717) is 0 Å². The normalized spacial score (nSPS) is 15.2. The fourth-order valence-electron chi connectivity index (χ4n) is 15.4. The van der Waals surface area contributed by atoms with Crippen molar-refractivity contribution >= 4 is 103 Å². The molecule has 18 rings (SSSR count). The minimum Gasteiger partial charge on any atom is -0.312 e. The third-order valence-corrected chi connectivity index (χ3v) is 20.6. The van der Waals surface area contributed by atoms with Gasteiger partial charge >= 0.3 is 0 Å². The molecule has 1 heterocycles. The van der Waals surface area contributed by atoms with Gasteiger partial charge in [0.1, 0.15) is 0 Å². The highest BCUT2D eigenvalue weighted by Crippen LogP contribution is 2.61. The van der Waals surface area contributed by atoms with Gasteiger partial charge in [0, 0.05) is 40.3 Å². The van der Waals surface area contributed by atoms with Crippen molar-refractivity contribution in [1.29, 1.82) is 0 Å². The molecular formula is C83H56Br2IN. The lowest BCUT2D eigenvalue weighted by Crippen LogP contribution is -2.30. The Bertz CT molecular complexity index is 5000. The average molecular weight is 1350 g/mol. The predicted octanol–water partition coefficient (Wildman–Crippen LogP) is 22.8. The van der Waals surface area contributed by atoms with E-state index in [1.165, 1.54) is 141 Å². The fraction of sp³-hybridized carbons (Fsp3) is 0.0602. The maximum atomic E-state index is 3.79. The molecule has 4 aliphatic rings. The molecule has 1 aromatic heterocycles. The Balaban J connectivity index is 0.000000117. The fourth-order valence-corrected chi connectivity index (χ4v) is 16.7. The Morgan fingerprint density at radius 2 is 0.908 bits per heavy atom. The first-order chi connectivity index (χ1) is 42.9. The summed E-state index contributed by atoms with van der Waals surface area (Å²) in [5, 5.41) is 7.87. The van der Waals surface area contributed by atoms with E-state index in [4.69, 9.17) is 0 Å². The van der Waals surface area contributed by atoms with Crippen molar-refractivity contribution in [2.24, 2.45) is 0 Å². The molecule has 4 aliphatic carbocycles. The van der Waals surface area contributed by atoms with Crippen LogP contribution in [0.25, 0.3) is 71.3 Å². The Morgan fingerprint density at radius 1 is 0.379 bits per heavy atom. The summed E-state index contributed by atoms with van der Waals surface area (Å²) in [4.78, 5) is 0. The predicted molar refractivity (Wildman–Crippen MR) is 380 cm³/mol. The van der Waals surface area contributed by atoms with Gasteiger partial charge < -0.3 is 4.57 Å². The van der Waals surface area contributed by atoms with Crippen LogP contribution in [0.2, 0.25) is 0 Å². The molecule has 1 atom stereocenters. The Morgan fingerprint density at radius 3 is 1.61 bits per heavy atom. The molecule has 0 radical (unpaired) electrons. The second-order valence-electron chi connectivity index (χ2n) is 23.3. The zero-order chi connectivity index (χ0) is 58.2. The third kappa shape index (κ3) is 8.65. The van der Waals surface area contributed by atoms with Crippen LogP contribution in [-0.2, 0) is 17.3 Å². The molecular weight excluding hydrogens is 1300 g/mol. The summed E-state index contributed by atoms with van der Waals surface area (Å²) in [6.07, 6.45) is 6.83. The molecule has 0 spiro atoms. The van der Waals surface area contributed by atoms with Crippen molar-refractivity contribution in [3.63, 3.8) is 0 Å². The van der Waals surface area contributed by atoms with Gasteiger partial charge in [0.15, 0.2) is 0 Å². The second kappa shape index (κ2) is 21.9. The summed E-state index contributed by atoms with van der Waals surface area (Å²) in [6, 6.07) is 109. The van der Waals surface area contributed by atoms with Gasteiger partial charge in [0.05, 0.1) is 21.9 Å². The van der Waals surface area contributed by atoms with Crippen LogP contribution >= 0.6 is 54.5 Å². The van der Waals surface area contributed by atoms with Crippen molar-refractivity contribution in [2.75, 3.05) is 0 Å². The molecule has 414 valence electrons. The third-order valence-electron chi connectivity index (χ3n) is 18.9. The summed E-state index contributed by atoms with van der Waals surface area (Å²) < 4.78 is 6.07. The van der Waals surface area contributed by atoms with Gasteiger partial charge in [-0.1, -0.05) is 299 Å². The first-order valence-corrected chi connectivity index (χ1v) is 32.6. The van der Waals surface area contributed by atoms with Gasteiger partial charge in [-0.05, 0) is 178 Å². The molecule has 0 fully saturated rings. The molecule has 0 aliphatic heterocycles. The van der Waals surface area contributed by atoms with Crippen molar-refractivity contribution < 1.29 is 0 Å². The summed E-state index contributed by atoms with van der Waals surface area (Å²) in [5.74, 6) is 0.270. The van der Waals surface area contributed by atoms with E-state index in [9.17, 15) is 0 Å². The van der Waals surface area contributed by atoms with E-state index in [1.807, 2.05) is 0 Å². The quantitative estimate of drug-likeness (QED) is 0.151. The van der Waals surface area contributed by atoms with Crippen LogP contribution in [0.5, 0.6) is 0 Å². The standard InChI is InChI=1S/C41H28BrN.C25H17I.C17H11Br/c42-30-20-23-34-35-22-19-27-11-7-8-16-32(27)40(35)43(39(34)25-30)31-21-24-38-36(26-31)33-17-9-10-18-37(33)41(38,28-12-3-1-4-13-28)29-14-5-2-6-15-29;26-20-15-16-24-22(17-20)21-13-7-8-14-23(21)25(24,18-9-3-1-4-10-18)19-11-5-2-6-12-19;18-13-6-8-15-12(9-13)10-17-14-4-2-1-3-11(14)5-7-16(15)17/h1-25,36H,26H2;1-17H;1-9H,10H2. The van der Waals surface area contributed by atoms with Crippen molar-refractivity contribution in [3.05, 3.63) is 383 Å². The van der Waals surface area contributed by atoms with Crippen LogP contribution in [0.15, 0.2) is 324 Å². The Hall–Kier alpha value is -8.65. The minimum atomic E-state index is -0.331. The summed E-state index contributed by atoms with van der Waals surface area (Å²) >= 11 is 9.76. The van der Waals surface area contributed by atoms with E-state index in [1.54, 1.807) is 0 Å². The first-order valence-electron chi connectivity index (χ1n) is 29.9. The minimum absolute atomic E-state index is 0.265. The van der Waals surface area contributed by atoms with Crippen LogP contribution in [0.4, 0.5) is 0 Å². The highest BCUT2D eigenvalue weighted by Gasteiger charge is 2.51. The molecule has 4 heteroatoms. The molecule has 1 nitrogen and oxygen atoms in total. The monoisotopic (exact) mass is 1350 g/mol. The number of rotatable bonds is 5. The highest BCUT2D eigenvalue weighted by atomic mass is 127. The number of hydrogen-bond donors (Lipinski definition) is 0. The smallest absolute Gasteiger partial charge is 0.0713 e. The SMILES string of the molecule is Brc1ccc2c(c1)Cc1c-2ccc2ccccc12.Brc1ccc2c3ccc4ccccc4c3n(C3=CC=C4C(C3)c3ccccc3C4(c3ccccc3)c3ccccc3)c2c1.Ic1ccc2c(c1)-c1ccccc1C2(c1ccccc1)c1ccccc1. The number of fused-ring (bicyclic) bond motifs is 16. The molecule has 87 heavy (non-hydrogen) atoms. The van der Waals surface area contributed by atoms with Crippen molar-refractivity contribution in [1.82, 2.24) is 4.57 Å². The van der Waals surface area contributed by atoms with Gasteiger partial charge in [-0.2, -0.15) is 0 Å². The van der Waals surface area contributed by atoms with E-state index < -0.39 is 0 Å². The number of hydrogen-bond acceptors (Lipinski definition) is 0. The molecule has 0 N–H and O–H groups in total. The Kier molecular flexibility index (Phi) is 13.6. The maximum Gasteiger partial charge on any atom is 0.0713 e. The molecule has 0 saturated carbocycles. The zero-order valence-electron chi connectivity index (χ0n) is 47.5. The van der Waals surface area contributed by atoms with E-state index in [-0.39, 0.29) is 16.7 Å². The number of nitrogens with zero attached hydrogens (tertiary/aromatic N) is 1. The van der Waals surface area contributed by atoms with Crippen molar-refractivity contribution in [3.8, 4) is 22.3 Å². The van der Waals surface area contributed by atoms with Gasteiger partial charge in [0.25, 0.3) is 0 Å². The van der Waals surface area contributed by atoms with Crippen LogP contribution < -0.4 is 0 Å². The molecule has 1 unspecified atom stereocenters. The molecule has 14 aromatic rings. The number of benzene rings is 13. The van der Waals surface area contributed by atoms with Gasteiger partial charge in [0.2, 0.25) is 0 Å². The summed E-state index contributed by atoms with van der Waals surface area (Å²) in [6.45, 7) is 0. The topological polar surface area (TPSA) is 4.93 Å². The van der Waals surface area contributed by atoms with Crippen LogP contribution in [0.1, 0.15) is 68.0 Å². The molecule has 13 aromatic carbocycles. The lowest BCUT2D eigenvalue weighted by atomic mass is 9.66. The lowest BCUT2D eigenvalue weighted by Gasteiger charge is -2.36. The van der Waals surface area contributed by atoms with Crippen LogP contribution in [0.3, 0.4) is 0 Å². The van der Waals surface area contributed by atoms with E-state index in [2.05, 4.69) is 368 Å². The van der Waals surface area contributed by atoms with Crippen LogP contribution in [-0.4, -0.2) is 4.57 Å². The van der Waals surface area contributed by atoms with E-state index in [0.717, 1.165) is 17.3 Å². The number of aromatic nitrogens is 1. The largest absolute Gasteiger partial charge is 0.312 e. The average Bonchev–Trinajstić information content (AvgIpc) is 1.61. The maximum absolute atomic E-state index is 3.79. The van der Waals surface area contributed by atoms with E-state index >= 15 is 0 Å². The summed E-state index contributed by atoms with van der Waals surface area (Å²) in [5.41, 5.74) is 24.0. The first kappa shape index (κ1) is 53.8. The molecule has 0 amide bonds. The van der Waals surface area contributed by atoms with Gasteiger partial charge in [-0.3, -0.25) is 0 Å². The van der Waals surface area contributed by atoms with Crippen LogP contribution in [0, 0.1) is 3.57 Å². The number of allylic oxidation sites excluding steroid dienone is 4. The summed E-state index contributed by atoms with van der Waals surface area (Å²) in [7, 11) is 0. The molecule has 0 bridgehead atoms. The van der Waals surface area contributed by atoms with Gasteiger partial charge in [-0.25, -0.2) is 0 Å². The van der Waals surface area contributed by atoms with Crippen molar-refractivity contribution in [2.45, 2.75) is 29.6 Å². The van der Waals surface area contributed by atoms with Gasteiger partial charge in [-0.15, -0.1) is 0 Å². The highest BCUT2D eigenvalue weighted by molar-refractivity contribution is 14.1. The Labute approximate surface area is 538 Å². The molecule has 0 saturated heterocycles. The second-order valence-corrected chi connectivity index (χ2v) is 26.4. The lowest BCUT2D eigenvalue weighted by molar-refractivity contribution is 0.691. The zero-order valence-corrected chi connectivity index (χ0v) is 52.8.